The largest absolute Gasteiger partial charge is 0.481 e. The van der Waals surface area contributed by atoms with Crippen LogP contribution in [0.15, 0.2) is 12.1 Å². The van der Waals surface area contributed by atoms with Crippen molar-refractivity contribution >= 4 is 17.3 Å². The number of hydrogen-bond donors (Lipinski definition) is 1. The second kappa shape index (κ2) is 5.28. The van der Waals surface area contributed by atoms with Gasteiger partial charge in [0, 0.05) is 9.75 Å². The molecule has 1 aromatic rings. The highest BCUT2D eigenvalue weighted by molar-refractivity contribution is 7.12. The fraction of sp³-hybridized carbons (Fsp3) is 0.688. The van der Waals surface area contributed by atoms with Crippen LogP contribution in [-0.4, -0.2) is 11.1 Å². The van der Waals surface area contributed by atoms with Crippen molar-refractivity contribution in [3.05, 3.63) is 21.9 Å². The second-order valence-electron chi connectivity index (χ2n) is 6.65. The number of thiophene rings is 1. The molecule has 1 fully saturated rings. The normalized spacial score (nSPS) is 21.2. The Balaban J connectivity index is 2.15. The Hall–Kier alpha value is -0.830. The third kappa shape index (κ3) is 3.19. The number of aliphatic carboxylic acids is 1. The lowest BCUT2D eigenvalue weighted by Crippen LogP contribution is -2.39. The first-order chi connectivity index (χ1) is 8.87. The lowest BCUT2D eigenvalue weighted by atomic mass is 9.63. The Labute approximate surface area is 119 Å². The summed E-state index contributed by atoms with van der Waals surface area (Å²) in [6, 6.07) is 4.26. The highest BCUT2D eigenvalue weighted by Crippen LogP contribution is 2.47. The molecular weight excluding hydrogens is 256 g/mol. The van der Waals surface area contributed by atoms with Gasteiger partial charge in [0.25, 0.3) is 0 Å². The van der Waals surface area contributed by atoms with Crippen LogP contribution in [0.1, 0.15) is 56.2 Å². The van der Waals surface area contributed by atoms with Gasteiger partial charge in [-0.2, -0.15) is 0 Å². The minimum Gasteiger partial charge on any atom is -0.481 e. The third-order valence-corrected chi connectivity index (χ3v) is 5.82. The molecule has 0 radical (unpaired) electrons. The molecule has 0 amide bonds. The van der Waals surface area contributed by atoms with Crippen molar-refractivity contribution in [2.75, 3.05) is 0 Å². The maximum atomic E-state index is 11.8. The average Bonchev–Trinajstić information content (AvgIpc) is 2.79. The SMILES string of the molecule is CCc1ccc(CC2(C(=O)O)CCC(C)(C)CC2)s1. The van der Waals surface area contributed by atoms with Gasteiger partial charge in [0.15, 0.2) is 0 Å². The van der Waals surface area contributed by atoms with Crippen LogP contribution in [0.3, 0.4) is 0 Å². The standard InChI is InChI=1S/C16H24O2S/c1-4-12-5-6-13(19-12)11-16(14(17)18)9-7-15(2,3)8-10-16/h5-6H,4,7-11H2,1-3H3,(H,17,18). The van der Waals surface area contributed by atoms with E-state index in [0.717, 1.165) is 32.1 Å². The number of aryl methyl sites for hydroxylation is 1. The molecule has 3 heteroatoms. The maximum absolute atomic E-state index is 11.8. The van der Waals surface area contributed by atoms with Gasteiger partial charge in [-0.05, 0) is 56.1 Å². The van der Waals surface area contributed by atoms with Gasteiger partial charge in [0.2, 0.25) is 0 Å². The molecule has 19 heavy (non-hydrogen) atoms. The third-order valence-electron chi connectivity index (χ3n) is 4.59. The van der Waals surface area contributed by atoms with Crippen LogP contribution in [0, 0.1) is 10.8 Å². The molecule has 1 saturated carbocycles. The van der Waals surface area contributed by atoms with Crippen molar-refractivity contribution in [2.45, 2.75) is 59.3 Å². The van der Waals surface area contributed by atoms with E-state index in [-0.39, 0.29) is 0 Å². The number of hydrogen-bond acceptors (Lipinski definition) is 2. The van der Waals surface area contributed by atoms with Gasteiger partial charge in [-0.1, -0.05) is 20.8 Å². The fourth-order valence-corrected chi connectivity index (χ4v) is 4.01. The van der Waals surface area contributed by atoms with E-state index < -0.39 is 11.4 Å². The van der Waals surface area contributed by atoms with Crippen LogP contribution in [0.2, 0.25) is 0 Å². The molecule has 1 heterocycles. The van der Waals surface area contributed by atoms with E-state index >= 15 is 0 Å². The van der Waals surface area contributed by atoms with Crippen LogP contribution >= 0.6 is 11.3 Å². The summed E-state index contributed by atoms with van der Waals surface area (Å²) in [5.74, 6) is -0.602. The number of carboxylic acid groups (broad SMARTS) is 1. The molecule has 0 atom stereocenters. The summed E-state index contributed by atoms with van der Waals surface area (Å²) < 4.78 is 0. The van der Waals surface area contributed by atoms with Crippen LogP contribution in [0.5, 0.6) is 0 Å². The molecule has 0 bridgehead atoms. The molecule has 1 aliphatic carbocycles. The number of rotatable bonds is 4. The fourth-order valence-electron chi connectivity index (χ4n) is 2.91. The summed E-state index contributed by atoms with van der Waals surface area (Å²) >= 11 is 1.78. The van der Waals surface area contributed by atoms with E-state index in [0.29, 0.717) is 11.8 Å². The van der Waals surface area contributed by atoms with Gasteiger partial charge >= 0.3 is 5.97 Å². The highest BCUT2D eigenvalue weighted by atomic mass is 32.1. The Morgan fingerprint density at radius 1 is 1.21 bits per heavy atom. The Bertz CT molecular complexity index is 449. The topological polar surface area (TPSA) is 37.3 Å². The molecule has 0 spiro atoms. The van der Waals surface area contributed by atoms with Gasteiger partial charge in [-0.15, -0.1) is 11.3 Å². The van der Waals surface area contributed by atoms with E-state index in [1.54, 1.807) is 11.3 Å². The van der Waals surface area contributed by atoms with Gasteiger partial charge < -0.3 is 5.11 Å². The van der Waals surface area contributed by atoms with Crippen molar-refractivity contribution in [3.63, 3.8) is 0 Å². The van der Waals surface area contributed by atoms with Crippen molar-refractivity contribution in [1.82, 2.24) is 0 Å². The van der Waals surface area contributed by atoms with Crippen LogP contribution in [-0.2, 0) is 17.6 Å². The molecule has 1 aromatic heterocycles. The summed E-state index contributed by atoms with van der Waals surface area (Å²) in [5, 5.41) is 9.69. The zero-order valence-corrected chi connectivity index (χ0v) is 13.0. The van der Waals surface area contributed by atoms with Crippen LogP contribution in [0.4, 0.5) is 0 Å². The number of carboxylic acids is 1. The first-order valence-electron chi connectivity index (χ1n) is 7.18. The van der Waals surface area contributed by atoms with E-state index in [4.69, 9.17) is 0 Å². The zero-order valence-electron chi connectivity index (χ0n) is 12.2. The Morgan fingerprint density at radius 2 is 1.79 bits per heavy atom. The van der Waals surface area contributed by atoms with Crippen molar-refractivity contribution in [3.8, 4) is 0 Å². The quantitative estimate of drug-likeness (QED) is 0.880. The lowest BCUT2D eigenvalue weighted by molar-refractivity contribution is -0.152. The van der Waals surface area contributed by atoms with Crippen molar-refractivity contribution in [2.24, 2.45) is 10.8 Å². The van der Waals surface area contributed by atoms with Crippen LogP contribution < -0.4 is 0 Å². The van der Waals surface area contributed by atoms with E-state index in [2.05, 4.69) is 32.9 Å². The molecule has 1 N–H and O–H groups in total. The predicted molar refractivity (Wildman–Crippen MR) is 79.7 cm³/mol. The number of carbonyl (C=O) groups is 1. The zero-order chi connectivity index (χ0) is 14.1. The highest BCUT2D eigenvalue weighted by Gasteiger charge is 2.44. The molecule has 0 unspecified atom stereocenters. The minimum atomic E-state index is -0.602. The lowest BCUT2D eigenvalue weighted by Gasteiger charge is -2.40. The molecule has 2 rings (SSSR count). The summed E-state index contributed by atoms with van der Waals surface area (Å²) in [5.41, 5.74) is -0.214. The monoisotopic (exact) mass is 280 g/mol. The van der Waals surface area contributed by atoms with E-state index in [9.17, 15) is 9.90 Å². The smallest absolute Gasteiger partial charge is 0.309 e. The molecule has 2 nitrogen and oxygen atoms in total. The molecule has 0 saturated heterocycles. The Kier molecular flexibility index (Phi) is 4.05. The first kappa shape index (κ1) is 14.6. The second-order valence-corrected chi connectivity index (χ2v) is 7.90. The summed E-state index contributed by atoms with van der Waals surface area (Å²) in [6.07, 6.45) is 5.42. The van der Waals surface area contributed by atoms with Crippen molar-refractivity contribution in [1.29, 1.82) is 0 Å². The van der Waals surface area contributed by atoms with E-state index in [1.165, 1.54) is 9.75 Å². The molecule has 106 valence electrons. The summed E-state index contributed by atoms with van der Waals surface area (Å²) in [6.45, 7) is 6.64. The molecular formula is C16H24O2S. The van der Waals surface area contributed by atoms with Crippen molar-refractivity contribution < 1.29 is 9.90 Å². The van der Waals surface area contributed by atoms with Gasteiger partial charge in [0.1, 0.15) is 0 Å². The summed E-state index contributed by atoms with van der Waals surface area (Å²) in [4.78, 5) is 14.4. The molecule has 0 aromatic carbocycles. The van der Waals surface area contributed by atoms with Crippen LogP contribution in [0.25, 0.3) is 0 Å². The minimum absolute atomic E-state index is 0.309. The average molecular weight is 280 g/mol. The van der Waals surface area contributed by atoms with Gasteiger partial charge in [0.05, 0.1) is 5.41 Å². The predicted octanol–water partition coefficient (Wildman–Crippen LogP) is 4.52. The maximum Gasteiger partial charge on any atom is 0.309 e. The van der Waals surface area contributed by atoms with Gasteiger partial charge in [-0.25, -0.2) is 0 Å². The molecule has 0 aliphatic heterocycles. The summed E-state index contributed by atoms with van der Waals surface area (Å²) in [7, 11) is 0. The first-order valence-corrected chi connectivity index (χ1v) is 8.00. The van der Waals surface area contributed by atoms with Gasteiger partial charge in [-0.3, -0.25) is 4.79 Å². The Morgan fingerprint density at radius 3 is 2.26 bits per heavy atom. The van der Waals surface area contributed by atoms with E-state index in [1.807, 2.05) is 0 Å². The molecule has 1 aliphatic rings.